The zero-order valence-electron chi connectivity index (χ0n) is 12.0. The highest BCUT2D eigenvalue weighted by Crippen LogP contribution is 2.17. The molecule has 0 aliphatic heterocycles. The summed E-state index contributed by atoms with van der Waals surface area (Å²) >= 11 is 1.49. The molecule has 3 N–H and O–H groups in total. The summed E-state index contributed by atoms with van der Waals surface area (Å²) in [4.78, 5) is 12.9. The number of rotatable bonds is 4. The topological polar surface area (TPSA) is 55.1 Å². The van der Waals surface area contributed by atoms with E-state index in [4.69, 9.17) is 5.73 Å². The quantitative estimate of drug-likeness (QED) is 0.852. The summed E-state index contributed by atoms with van der Waals surface area (Å²) in [5.74, 6) is 5.78. The second-order valence-electron chi connectivity index (χ2n) is 4.51. The second kappa shape index (κ2) is 7.63. The molecule has 0 atom stereocenters. The fourth-order valence-electron chi connectivity index (χ4n) is 1.93. The molecular weight excluding hydrogens is 280 g/mol. The minimum absolute atomic E-state index is 0.00569. The number of hydrogen-bond acceptors (Lipinski definition) is 3. The van der Waals surface area contributed by atoms with Gasteiger partial charge in [0, 0.05) is 12.1 Å². The van der Waals surface area contributed by atoms with E-state index in [1.54, 1.807) is 0 Å². The average Bonchev–Trinajstić information content (AvgIpc) is 3.00. The number of nitrogens with one attached hydrogen (secondary N) is 1. The maximum absolute atomic E-state index is 12.1. The second-order valence-corrected chi connectivity index (χ2v) is 5.43. The average molecular weight is 298 g/mol. The van der Waals surface area contributed by atoms with Crippen molar-refractivity contribution in [1.82, 2.24) is 5.32 Å². The standard InChI is InChI=1S/C17H18N2OS/c1-2-15-9-11-21-16(15)17(20)19-12-14-7-5-13(6-8-14)4-3-10-18/h5-9,11H,2,10,12,18H2,1H3,(H,19,20). The minimum atomic E-state index is -0.00569. The molecule has 0 aliphatic carbocycles. The van der Waals surface area contributed by atoms with E-state index in [9.17, 15) is 4.79 Å². The van der Waals surface area contributed by atoms with Gasteiger partial charge in [-0.1, -0.05) is 30.9 Å². The molecule has 0 saturated carbocycles. The first-order chi connectivity index (χ1) is 10.2. The smallest absolute Gasteiger partial charge is 0.261 e. The molecule has 0 spiro atoms. The van der Waals surface area contributed by atoms with E-state index in [-0.39, 0.29) is 5.91 Å². The Morgan fingerprint density at radius 2 is 2.05 bits per heavy atom. The molecule has 1 heterocycles. The van der Waals surface area contributed by atoms with Gasteiger partial charge in [-0.15, -0.1) is 11.3 Å². The van der Waals surface area contributed by atoms with Gasteiger partial charge in [0.1, 0.15) is 0 Å². The summed E-state index contributed by atoms with van der Waals surface area (Å²) in [6, 6.07) is 9.82. The van der Waals surface area contributed by atoms with Crippen molar-refractivity contribution in [2.45, 2.75) is 19.9 Å². The van der Waals surface area contributed by atoms with Crippen LogP contribution in [0.5, 0.6) is 0 Å². The van der Waals surface area contributed by atoms with E-state index in [0.29, 0.717) is 13.1 Å². The van der Waals surface area contributed by atoms with E-state index >= 15 is 0 Å². The Bertz CT molecular complexity index is 662. The molecule has 0 fully saturated rings. The van der Waals surface area contributed by atoms with Crippen molar-refractivity contribution in [2.75, 3.05) is 6.54 Å². The van der Waals surface area contributed by atoms with E-state index in [0.717, 1.165) is 28.0 Å². The number of amides is 1. The number of aryl methyl sites for hydroxylation is 1. The van der Waals surface area contributed by atoms with Crippen LogP contribution >= 0.6 is 11.3 Å². The van der Waals surface area contributed by atoms with Crippen molar-refractivity contribution in [2.24, 2.45) is 5.73 Å². The van der Waals surface area contributed by atoms with Crippen LogP contribution in [-0.2, 0) is 13.0 Å². The third-order valence-corrected chi connectivity index (χ3v) is 4.03. The summed E-state index contributed by atoms with van der Waals surface area (Å²) in [7, 11) is 0. The van der Waals surface area contributed by atoms with E-state index in [2.05, 4.69) is 24.1 Å². The van der Waals surface area contributed by atoms with Crippen LogP contribution in [0, 0.1) is 11.8 Å². The number of hydrogen-bond donors (Lipinski definition) is 2. The van der Waals surface area contributed by atoms with Crippen LogP contribution in [-0.4, -0.2) is 12.5 Å². The molecule has 0 bridgehead atoms. The normalized spacial score (nSPS) is 9.81. The van der Waals surface area contributed by atoms with Crippen LogP contribution in [0.2, 0.25) is 0 Å². The van der Waals surface area contributed by atoms with Crippen LogP contribution in [0.25, 0.3) is 0 Å². The van der Waals surface area contributed by atoms with Crippen molar-refractivity contribution in [3.05, 3.63) is 57.3 Å². The van der Waals surface area contributed by atoms with Crippen molar-refractivity contribution >= 4 is 17.2 Å². The van der Waals surface area contributed by atoms with Crippen LogP contribution in [0.3, 0.4) is 0 Å². The lowest BCUT2D eigenvalue weighted by atomic mass is 10.1. The molecular formula is C17H18N2OS. The minimum Gasteiger partial charge on any atom is -0.347 e. The molecule has 3 nitrogen and oxygen atoms in total. The fourth-order valence-corrected chi connectivity index (χ4v) is 2.85. The van der Waals surface area contributed by atoms with Crippen molar-refractivity contribution < 1.29 is 4.79 Å². The molecule has 21 heavy (non-hydrogen) atoms. The Kier molecular flexibility index (Phi) is 5.56. The van der Waals surface area contributed by atoms with Gasteiger partial charge in [-0.3, -0.25) is 4.79 Å². The zero-order chi connectivity index (χ0) is 15.1. The highest BCUT2D eigenvalue weighted by atomic mass is 32.1. The largest absolute Gasteiger partial charge is 0.347 e. The van der Waals surface area contributed by atoms with Gasteiger partial charge in [0.05, 0.1) is 11.4 Å². The highest BCUT2D eigenvalue weighted by molar-refractivity contribution is 7.12. The SMILES string of the molecule is CCc1ccsc1C(=O)NCc1ccc(C#CCN)cc1. The Balaban J connectivity index is 1.95. The van der Waals surface area contributed by atoms with Crippen LogP contribution in [0.1, 0.15) is 33.3 Å². The summed E-state index contributed by atoms with van der Waals surface area (Å²) in [6.45, 7) is 2.93. The molecule has 1 amide bonds. The molecule has 0 unspecified atom stereocenters. The van der Waals surface area contributed by atoms with Gasteiger partial charge in [0.2, 0.25) is 0 Å². The zero-order valence-corrected chi connectivity index (χ0v) is 12.8. The molecule has 0 radical (unpaired) electrons. The lowest BCUT2D eigenvalue weighted by molar-refractivity contribution is 0.0954. The van der Waals surface area contributed by atoms with Crippen LogP contribution in [0.4, 0.5) is 0 Å². The predicted molar refractivity (Wildman–Crippen MR) is 87.2 cm³/mol. The Morgan fingerprint density at radius 1 is 1.29 bits per heavy atom. The number of benzene rings is 1. The first-order valence-corrected chi connectivity index (χ1v) is 7.75. The van der Waals surface area contributed by atoms with Gasteiger partial charge >= 0.3 is 0 Å². The van der Waals surface area contributed by atoms with Gasteiger partial charge in [-0.05, 0) is 41.1 Å². The molecule has 4 heteroatoms. The lowest BCUT2D eigenvalue weighted by Gasteiger charge is -2.05. The summed E-state index contributed by atoms with van der Waals surface area (Å²) < 4.78 is 0. The monoisotopic (exact) mass is 298 g/mol. The lowest BCUT2D eigenvalue weighted by Crippen LogP contribution is -2.22. The van der Waals surface area contributed by atoms with Gasteiger partial charge < -0.3 is 11.1 Å². The van der Waals surface area contributed by atoms with Crippen LogP contribution in [0.15, 0.2) is 35.7 Å². The molecule has 1 aromatic heterocycles. The maximum Gasteiger partial charge on any atom is 0.261 e. The third-order valence-electron chi connectivity index (χ3n) is 3.08. The van der Waals surface area contributed by atoms with Gasteiger partial charge in [-0.2, -0.15) is 0 Å². The Morgan fingerprint density at radius 3 is 2.71 bits per heavy atom. The third kappa shape index (κ3) is 4.19. The summed E-state index contributed by atoms with van der Waals surface area (Å²) in [5.41, 5.74) is 8.42. The van der Waals surface area contributed by atoms with Crippen molar-refractivity contribution in [1.29, 1.82) is 0 Å². The van der Waals surface area contributed by atoms with Gasteiger partial charge in [0.25, 0.3) is 5.91 Å². The Hall–Kier alpha value is -2.09. The van der Waals surface area contributed by atoms with Gasteiger partial charge in [-0.25, -0.2) is 0 Å². The van der Waals surface area contributed by atoms with Crippen LogP contribution < -0.4 is 11.1 Å². The fraction of sp³-hybridized carbons (Fsp3) is 0.235. The predicted octanol–water partition coefficient (Wildman–Crippen LogP) is 2.55. The molecule has 0 aliphatic rings. The summed E-state index contributed by atoms with van der Waals surface area (Å²) in [6.07, 6.45) is 0.876. The van der Waals surface area contributed by atoms with Crippen molar-refractivity contribution in [3.63, 3.8) is 0 Å². The molecule has 2 aromatic rings. The number of thiophene rings is 1. The van der Waals surface area contributed by atoms with Gasteiger partial charge in [0.15, 0.2) is 0 Å². The highest BCUT2D eigenvalue weighted by Gasteiger charge is 2.11. The molecule has 108 valence electrons. The first kappa shape index (κ1) is 15.3. The Labute approximate surface area is 129 Å². The maximum atomic E-state index is 12.1. The molecule has 2 rings (SSSR count). The van der Waals surface area contributed by atoms with E-state index in [1.165, 1.54) is 11.3 Å². The molecule has 0 saturated heterocycles. The molecule has 1 aromatic carbocycles. The van der Waals surface area contributed by atoms with E-state index in [1.807, 2.05) is 35.7 Å². The van der Waals surface area contributed by atoms with E-state index < -0.39 is 0 Å². The van der Waals surface area contributed by atoms with Crippen molar-refractivity contribution in [3.8, 4) is 11.8 Å². The number of nitrogens with two attached hydrogens (primary N) is 1. The number of carbonyl (C=O) groups excluding carboxylic acids is 1. The first-order valence-electron chi connectivity index (χ1n) is 6.87. The number of carbonyl (C=O) groups is 1. The summed E-state index contributed by atoms with van der Waals surface area (Å²) in [5, 5.41) is 4.91.